The van der Waals surface area contributed by atoms with E-state index in [1.807, 2.05) is 18.2 Å². The van der Waals surface area contributed by atoms with Gasteiger partial charge in [0.1, 0.15) is 0 Å². The molecule has 0 amide bonds. The maximum absolute atomic E-state index is 5.56. The van der Waals surface area contributed by atoms with E-state index < -0.39 is 0 Å². The largest absolute Gasteiger partial charge is 0.478 e. The van der Waals surface area contributed by atoms with E-state index in [1.165, 1.54) is 32.2 Å². The number of rotatable bonds is 5. The van der Waals surface area contributed by atoms with Crippen LogP contribution in [-0.2, 0) is 0 Å². The second-order valence-corrected chi connectivity index (χ2v) is 4.31. The number of piperidine rings is 1. The van der Waals surface area contributed by atoms with E-state index in [-0.39, 0.29) is 12.4 Å². The molecule has 3 nitrogen and oxygen atoms in total. The highest BCUT2D eigenvalue weighted by Gasteiger charge is 2.11. The predicted molar refractivity (Wildman–Crippen MR) is 71.9 cm³/mol. The van der Waals surface area contributed by atoms with Gasteiger partial charge in [-0.25, -0.2) is 4.98 Å². The Morgan fingerprint density at radius 2 is 2.29 bits per heavy atom. The van der Waals surface area contributed by atoms with Gasteiger partial charge in [-0.3, -0.25) is 0 Å². The second kappa shape index (κ2) is 8.31. The Balaban J connectivity index is 0.00000144. The molecule has 2 rings (SSSR count). The Morgan fingerprint density at radius 3 is 3.00 bits per heavy atom. The van der Waals surface area contributed by atoms with Gasteiger partial charge in [-0.15, -0.1) is 12.4 Å². The molecule has 0 aromatic carbocycles. The summed E-state index contributed by atoms with van der Waals surface area (Å²) in [6.07, 6.45) is 8.11. The fraction of sp³-hybridized carbons (Fsp3) is 0.615. The molecule has 0 aliphatic carbocycles. The van der Waals surface area contributed by atoms with Crippen molar-refractivity contribution in [3.63, 3.8) is 0 Å². The summed E-state index contributed by atoms with van der Waals surface area (Å²) in [5.74, 6) is 0.735. The molecular weight excluding hydrogens is 236 g/mol. The molecule has 4 heteroatoms. The minimum atomic E-state index is 0. The molecule has 1 saturated heterocycles. The van der Waals surface area contributed by atoms with Crippen molar-refractivity contribution in [1.29, 1.82) is 0 Å². The first-order valence-electron chi connectivity index (χ1n) is 6.22. The molecule has 17 heavy (non-hydrogen) atoms. The number of aromatic nitrogens is 1. The van der Waals surface area contributed by atoms with E-state index in [0.29, 0.717) is 6.04 Å². The maximum atomic E-state index is 5.56. The van der Waals surface area contributed by atoms with Gasteiger partial charge in [0.15, 0.2) is 0 Å². The fourth-order valence-corrected chi connectivity index (χ4v) is 2.11. The molecule has 1 fully saturated rings. The van der Waals surface area contributed by atoms with Crippen LogP contribution in [0.15, 0.2) is 24.4 Å². The molecular formula is C13H21ClN2O. The van der Waals surface area contributed by atoms with Crippen molar-refractivity contribution in [3.05, 3.63) is 24.4 Å². The summed E-state index contributed by atoms with van der Waals surface area (Å²) in [5, 5.41) is 3.55. The first-order chi connectivity index (χ1) is 7.95. The Hall–Kier alpha value is -0.800. The third-order valence-electron chi connectivity index (χ3n) is 3.00. The summed E-state index contributed by atoms with van der Waals surface area (Å²) in [6.45, 7) is 1.96. The van der Waals surface area contributed by atoms with Crippen molar-refractivity contribution >= 4 is 12.4 Å². The van der Waals surface area contributed by atoms with Crippen molar-refractivity contribution in [3.8, 4) is 5.88 Å². The maximum Gasteiger partial charge on any atom is 0.213 e. The zero-order valence-electron chi connectivity index (χ0n) is 10.1. The predicted octanol–water partition coefficient (Wildman–Crippen LogP) is 2.80. The summed E-state index contributed by atoms with van der Waals surface area (Å²) < 4.78 is 5.56. The van der Waals surface area contributed by atoms with Gasteiger partial charge in [0.2, 0.25) is 5.88 Å². The number of hydrogen-bond acceptors (Lipinski definition) is 3. The number of hydrogen-bond donors (Lipinski definition) is 1. The lowest BCUT2D eigenvalue weighted by atomic mass is 10.0. The minimum Gasteiger partial charge on any atom is -0.478 e. The topological polar surface area (TPSA) is 34.1 Å². The Kier molecular flexibility index (Phi) is 6.97. The lowest BCUT2D eigenvalue weighted by Crippen LogP contribution is -2.34. The van der Waals surface area contributed by atoms with Gasteiger partial charge in [0, 0.05) is 18.3 Å². The summed E-state index contributed by atoms with van der Waals surface area (Å²) in [7, 11) is 0. The molecule has 0 spiro atoms. The summed E-state index contributed by atoms with van der Waals surface area (Å²) in [5.41, 5.74) is 0. The lowest BCUT2D eigenvalue weighted by molar-refractivity contribution is 0.276. The number of halogens is 1. The van der Waals surface area contributed by atoms with Gasteiger partial charge in [-0.05, 0) is 38.3 Å². The zero-order chi connectivity index (χ0) is 11.1. The summed E-state index contributed by atoms with van der Waals surface area (Å²) >= 11 is 0. The molecule has 1 N–H and O–H groups in total. The second-order valence-electron chi connectivity index (χ2n) is 4.31. The lowest BCUT2D eigenvalue weighted by Gasteiger charge is -2.23. The molecule has 1 aromatic heterocycles. The van der Waals surface area contributed by atoms with Crippen molar-refractivity contribution in [2.75, 3.05) is 13.2 Å². The van der Waals surface area contributed by atoms with Crippen molar-refractivity contribution in [1.82, 2.24) is 10.3 Å². The van der Waals surface area contributed by atoms with Crippen LogP contribution in [0.3, 0.4) is 0 Å². The summed E-state index contributed by atoms with van der Waals surface area (Å²) in [6, 6.07) is 6.46. The highest BCUT2D eigenvalue weighted by molar-refractivity contribution is 5.85. The van der Waals surface area contributed by atoms with Gasteiger partial charge < -0.3 is 10.1 Å². The van der Waals surface area contributed by atoms with Crippen LogP contribution in [0.2, 0.25) is 0 Å². The van der Waals surface area contributed by atoms with E-state index in [9.17, 15) is 0 Å². The quantitative estimate of drug-likeness (QED) is 0.823. The number of nitrogens with one attached hydrogen (secondary N) is 1. The van der Waals surface area contributed by atoms with Crippen molar-refractivity contribution in [2.45, 2.75) is 38.1 Å². The number of nitrogens with zero attached hydrogens (tertiary/aromatic N) is 1. The van der Waals surface area contributed by atoms with Crippen LogP contribution in [-0.4, -0.2) is 24.2 Å². The van der Waals surface area contributed by atoms with Crippen molar-refractivity contribution in [2.24, 2.45) is 0 Å². The third-order valence-corrected chi connectivity index (χ3v) is 3.00. The molecule has 1 aliphatic rings. The van der Waals surface area contributed by atoms with E-state index in [0.717, 1.165) is 18.9 Å². The van der Waals surface area contributed by atoms with Gasteiger partial charge in [0.05, 0.1) is 6.61 Å². The molecule has 1 aromatic rings. The molecule has 0 radical (unpaired) electrons. The number of ether oxygens (including phenoxy) is 1. The zero-order valence-corrected chi connectivity index (χ0v) is 10.9. The van der Waals surface area contributed by atoms with Crippen LogP contribution in [0.4, 0.5) is 0 Å². The first kappa shape index (κ1) is 14.3. The normalized spacial score (nSPS) is 19.4. The Labute approximate surface area is 109 Å². The van der Waals surface area contributed by atoms with Gasteiger partial charge in [-0.1, -0.05) is 12.5 Å². The van der Waals surface area contributed by atoms with Gasteiger partial charge in [0.25, 0.3) is 0 Å². The third kappa shape index (κ3) is 5.37. The molecule has 96 valence electrons. The fourth-order valence-electron chi connectivity index (χ4n) is 2.11. The SMILES string of the molecule is Cl.c1ccc(OCCCC2CCCCN2)nc1. The first-order valence-corrected chi connectivity index (χ1v) is 6.22. The minimum absolute atomic E-state index is 0. The van der Waals surface area contributed by atoms with Crippen LogP contribution >= 0.6 is 12.4 Å². The number of pyridine rings is 1. The smallest absolute Gasteiger partial charge is 0.213 e. The van der Waals surface area contributed by atoms with Gasteiger partial charge >= 0.3 is 0 Å². The van der Waals surface area contributed by atoms with Crippen LogP contribution in [0.5, 0.6) is 5.88 Å². The molecule has 2 heterocycles. The van der Waals surface area contributed by atoms with Crippen LogP contribution < -0.4 is 10.1 Å². The molecule has 1 aliphatic heterocycles. The molecule has 0 bridgehead atoms. The molecule has 1 atom stereocenters. The average molecular weight is 257 g/mol. The van der Waals surface area contributed by atoms with E-state index in [2.05, 4.69) is 10.3 Å². The van der Waals surface area contributed by atoms with E-state index in [4.69, 9.17) is 4.74 Å². The summed E-state index contributed by atoms with van der Waals surface area (Å²) in [4.78, 5) is 4.13. The van der Waals surface area contributed by atoms with Crippen LogP contribution in [0.1, 0.15) is 32.1 Å². The molecule has 0 saturated carbocycles. The monoisotopic (exact) mass is 256 g/mol. The van der Waals surface area contributed by atoms with Crippen LogP contribution in [0, 0.1) is 0 Å². The van der Waals surface area contributed by atoms with Crippen molar-refractivity contribution < 1.29 is 4.74 Å². The standard InChI is InChI=1S/C13H20N2O.ClH/c1-3-9-14-12(6-1)7-5-11-16-13-8-2-4-10-15-13;/h2,4,8,10,12,14H,1,3,5-7,9,11H2;1H. The highest BCUT2D eigenvalue weighted by atomic mass is 35.5. The molecule has 1 unspecified atom stereocenters. The van der Waals surface area contributed by atoms with Gasteiger partial charge in [-0.2, -0.15) is 0 Å². The Bertz CT molecular complexity index is 289. The van der Waals surface area contributed by atoms with E-state index in [1.54, 1.807) is 6.20 Å². The highest BCUT2D eigenvalue weighted by Crippen LogP contribution is 2.12. The Morgan fingerprint density at radius 1 is 1.35 bits per heavy atom. The van der Waals surface area contributed by atoms with E-state index >= 15 is 0 Å². The van der Waals surface area contributed by atoms with Crippen LogP contribution in [0.25, 0.3) is 0 Å². The average Bonchev–Trinajstić information content (AvgIpc) is 2.37.